The first kappa shape index (κ1) is 18.8. The molecular weight excluding hydrogens is 322 g/mol. The number of ether oxygens (including phenoxy) is 2. The van der Waals surface area contributed by atoms with E-state index >= 15 is 0 Å². The summed E-state index contributed by atoms with van der Waals surface area (Å²) in [6, 6.07) is 5.98. The molecule has 136 valence electrons. The van der Waals surface area contributed by atoms with Gasteiger partial charge in [0.2, 0.25) is 6.33 Å². The van der Waals surface area contributed by atoms with Crippen molar-refractivity contribution in [3.63, 3.8) is 0 Å². The Morgan fingerprint density at radius 2 is 2.04 bits per heavy atom. The van der Waals surface area contributed by atoms with E-state index in [0.29, 0.717) is 36.5 Å². The molecule has 25 heavy (non-hydrogen) atoms. The highest BCUT2D eigenvalue weighted by atomic mass is 16.6. The molecule has 0 bridgehead atoms. The lowest BCUT2D eigenvalue weighted by Gasteiger charge is -2.17. The highest BCUT2D eigenvalue weighted by molar-refractivity contribution is 5.43. The summed E-state index contributed by atoms with van der Waals surface area (Å²) in [6.45, 7) is 7.52. The lowest BCUT2D eigenvalue weighted by molar-refractivity contribution is -0.389. The number of hydrogen-bond acceptors (Lipinski definition) is 5. The summed E-state index contributed by atoms with van der Waals surface area (Å²) in [4.78, 5) is 13.8. The Bertz CT molecular complexity index is 712. The fourth-order valence-electron chi connectivity index (χ4n) is 2.39. The molecule has 0 fully saturated rings. The Labute approximate surface area is 147 Å². The number of aromatic nitrogens is 2. The Hall–Kier alpha value is -2.57. The number of imidazole rings is 1. The number of methoxy groups -OCH3 is 1. The summed E-state index contributed by atoms with van der Waals surface area (Å²) in [5.41, 5.74) is 1.22. The molecule has 0 saturated carbocycles. The Morgan fingerprint density at radius 1 is 1.28 bits per heavy atom. The molecule has 1 aromatic carbocycles. The highest BCUT2D eigenvalue weighted by Crippen LogP contribution is 2.29. The van der Waals surface area contributed by atoms with Gasteiger partial charge >= 0.3 is 5.82 Å². The zero-order chi connectivity index (χ0) is 18.4. The number of nitrogens with zero attached hydrogens (tertiary/aromatic N) is 3. The number of rotatable bonds is 9. The molecule has 2 aromatic rings. The molecule has 1 unspecified atom stereocenters. The van der Waals surface area contributed by atoms with Crippen molar-refractivity contribution in [3.05, 3.63) is 46.4 Å². The summed E-state index contributed by atoms with van der Waals surface area (Å²) in [6.07, 6.45) is 3.80. The van der Waals surface area contributed by atoms with Gasteiger partial charge in [0.15, 0.2) is 11.5 Å². The van der Waals surface area contributed by atoms with Crippen LogP contribution in [-0.2, 0) is 13.0 Å². The van der Waals surface area contributed by atoms with Crippen LogP contribution in [0.15, 0.2) is 30.7 Å². The second kappa shape index (κ2) is 8.50. The van der Waals surface area contributed by atoms with Crippen molar-refractivity contribution in [2.75, 3.05) is 13.7 Å². The third-order valence-corrected chi connectivity index (χ3v) is 4.34. The van der Waals surface area contributed by atoms with Crippen molar-refractivity contribution in [1.82, 2.24) is 9.55 Å². The maximum atomic E-state index is 10.6. The van der Waals surface area contributed by atoms with E-state index in [4.69, 9.17) is 9.47 Å². The third-order valence-electron chi connectivity index (χ3n) is 4.34. The molecule has 0 radical (unpaired) electrons. The van der Waals surface area contributed by atoms with Crippen molar-refractivity contribution in [1.29, 1.82) is 0 Å². The molecule has 0 spiro atoms. The Morgan fingerprint density at radius 3 is 2.64 bits per heavy atom. The molecule has 0 aliphatic heterocycles. The van der Waals surface area contributed by atoms with E-state index in [1.165, 1.54) is 18.1 Å². The van der Waals surface area contributed by atoms with Gasteiger partial charge in [-0.3, -0.25) is 0 Å². The normalized spacial score (nSPS) is 12.2. The van der Waals surface area contributed by atoms with Crippen LogP contribution in [0.4, 0.5) is 5.82 Å². The SMILES string of the molecule is COc1cc(CC(C)C(C)C)ccc1OCCn1cnc([N+](=O)[O-])c1. The summed E-state index contributed by atoms with van der Waals surface area (Å²) in [5.74, 6) is 2.42. The molecule has 7 heteroatoms. The van der Waals surface area contributed by atoms with Crippen molar-refractivity contribution in [3.8, 4) is 11.5 Å². The smallest absolute Gasteiger partial charge is 0.381 e. The topological polar surface area (TPSA) is 79.4 Å². The predicted molar refractivity (Wildman–Crippen MR) is 95.1 cm³/mol. The minimum absolute atomic E-state index is 0.166. The van der Waals surface area contributed by atoms with Crippen molar-refractivity contribution in [2.24, 2.45) is 11.8 Å². The number of nitro groups is 1. The van der Waals surface area contributed by atoms with E-state index in [0.717, 1.165) is 6.42 Å². The molecule has 0 aliphatic rings. The van der Waals surface area contributed by atoms with Crippen LogP contribution in [0.2, 0.25) is 0 Å². The lowest BCUT2D eigenvalue weighted by atomic mass is 9.91. The second-order valence-corrected chi connectivity index (χ2v) is 6.49. The largest absolute Gasteiger partial charge is 0.493 e. The molecule has 2 rings (SSSR count). The van der Waals surface area contributed by atoms with Crippen molar-refractivity contribution < 1.29 is 14.4 Å². The van der Waals surface area contributed by atoms with Crippen LogP contribution in [0.1, 0.15) is 26.3 Å². The minimum Gasteiger partial charge on any atom is -0.493 e. The average molecular weight is 347 g/mol. The Kier molecular flexibility index (Phi) is 6.38. The first-order valence-electron chi connectivity index (χ1n) is 8.36. The van der Waals surface area contributed by atoms with Gasteiger partial charge < -0.3 is 24.2 Å². The zero-order valence-electron chi connectivity index (χ0n) is 15.1. The minimum atomic E-state index is -0.517. The third kappa shape index (κ3) is 5.20. The van der Waals surface area contributed by atoms with E-state index in [2.05, 4.69) is 31.8 Å². The highest BCUT2D eigenvalue weighted by Gasteiger charge is 2.12. The van der Waals surface area contributed by atoms with Gasteiger partial charge in [0.1, 0.15) is 12.8 Å². The van der Waals surface area contributed by atoms with Crippen LogP contribution in [0.25, 0.3) is 0 Å². The van der Waals surface area contributed by atoms with E-state index in [1.807, 2.05) is 12.1 Å². The maximum absolute atomic E-state index is 10.6. The molecule has 1 heterocycles. The van der Waals surface area contributed by atoms with Crippen LogP contribution in [0, 0.1) is 22.0 Å². The Balaban J connectivity index is 1.95. The summed E-state index contributed by atoms with van der Waals surface area (Å²) >= 11 is 0. The molecule has 0 saturated heterocycles. The molecule has 7 nitrogen and oxygen atoms in total. The summed E-state index contributed by atoms with van der Waals surface area (Å²) in [7, 11) is 1.62. The van der Waals surface area contributed by atoms with Crippen molar-refractivity contribution >= 4 is 5.82 Å². The predicted octanol–water partition coefficient (Wildman–Crippen LogP) is 3.71. The second-order valence-electron chi connectivity index (χ2n) is 6.49. The summed E-state index contributed by atoms with van der Waals surface area (Å²) in [5, 5.41) is 10.6. The van der Waals surface area contributed by atoms with Crippen molar-refractivity contribution in [2.45, 2.75) is 33.7 Å². The first-order valence-corrected chi connectivity index (χ1v) is 8.36. The van der Waals surface area contributed by atoms with Crippen LogP contribution in [-0.4, -0.2) is 28.2 Å². The average Bonchev–Trinajstić information content (AvgIpc) is 3.05. The molecule has 0 aliphatic carbocycles. The number of benzene rings is 1. The van der Waals surface area contributed by atoms with Gasteiger partial charge in [-0.2, -0.15) is 0 Å². The molecular formula is C18H25N3O4. The molecule has 1 aromatic heterocycles. The van der Waals surface area contributed by atoms with Gasteiger partial charge in [-0.15, -0.1) is 0 Å². The van der Waals surface area contributed by atoms with Gasteiger partial charge in [0, 0.05) is 0 Å². The van der Waals surface area contributed by atoms with E-state index < -0.39 is 4.92 Å². The maximum Gasteiger partial charge on any atom is 0.381 e. The fraction of sp³-hybridized carbons (Fsp3) is 0.500. The van der Waals surface area contributed by atoms with E-state index in [-0.39, 0.29) is 5.82 Å². The van der Waals surface area contributed by atoms with Gasteiger partial charge in [0.25, 0.3) is 0 Å². The summed E-state index contributed by atoms with van der Waals surface area (Å²) < 4.78 is 12.8. The molecule has 1 atom stereocenters. The first-order chi connectivity index (χ1) is 11.9. The monoisotopic (exact) mass is 347 g/mol. The van der Waals surface area contributed by atoms with Crippen LogP contribution in [0.5, 0.6) is 11.5 Å². The zero-order valence-corrected chi connectivity index (χ0v) is 15.1. The van der Waals surface area contributed by atoms with E-state index in [9.17, 15) is 10.1 Å². The fourth-order valence-corrected chi connectivity index (χ4v) is 2.39. The quantitative estimate of drug-likeness (QED) is 0.510. The van der Waals surface area contributed by atoms with Crippen LogP contribution in [0.3, 0.4) is 0 Å². The molecule has 0 amide bonds. The van der Waals surface area contributed by atoms with Gasteiger partial charge in [0.05, 0.1) is 13.7 Å². The number of hydrogen-bond donors (Lipinski definition) is 0. The van der Waals surface area contributed by atoms with Gasteiger partial charge in [-0.25, -0.2) is 0 Å². The van der Waals surface area contributed by atoms with E-state index in [1.54, 1.807) is 11.7 Å². The van der Waals surface area contributed by atoms with Gasteiger partial charge in [-0.05, 0) is 45.9 Å². The standard InChI is InChI=1S/C18H25N3O4/c1-13(2)14(3)9-15-5-6-16(17(10-15)24-4)25-8-7-20-11-18(19-12-20)21(22)23/h5-6,10-14H,7-9H2,1-4H3. The van der Waals surface area contributed by atoms with Crippen LogP contribution >= 0.6 is 0 Å². The van der Waals surface area contributed by atoms with Crippen LogP contribution < -0.4 is 9.47 Å². The molecule has 0 N–H and O–H groups in total. The van der Waals surface area contributed by atoms with Gasteiger partial charge in [-0.1, -0.05) is 26.8 Å². The lowest BCUT2D eigenvalue weighted by Crippen LogP contribution is -2.09.